The van der Waals surface area contributed by atoms with Crippen LogP contribution in [0.4, 0.5) is 0 Å². The van der Waals surface area contributed by atoms with Crippen LogP contribution in [0.1, 0.15) is 28.8 Å². The summed E-state index contributed by atoms with van der Waals surface area (Å²) >= 11 is 2.23. The van der Waals surface area contributed by atoms with Gasteiger partial charge in [-0.2, -0.15) is 0 Å². The summed E-state index contributed by atoms with van der Waals surface area (Å²) in [6.07, 6.45) is 2.09. The third kappa shape index (κ3) is 3.45. The summed E-state index contributed by atoms with van der Waals surface area (Å²) in [7, 11) is 0. The van der Waals surface area contributed by atoms with Crippen LogP contribution in [0.3, 0.4) is 0 Å². The second kappa shape index (κ2) is 6.52. The molecule has 1 N–H and O–H groups in total. The van der Waals surface area contributed by atoms with Crippen molar-refractivity contribution in [2.24, 2.45) is 5.92 Å². The number of benzene rings is 1. The Balaban J connectivity index is 1.93. The third-order valence-corrected chi connectivity index (χ3v) is 4.76. The standard InChI is InChI=1S/C14H18INO2/c1-10-3-2-4-12(13(10)15)14(17)16-9-11-5-7-18-8-6-11/h2-4,11H,5-9H2,1H3,(H,16,17). The highest BCUT2D eigenvalue weighted by Crippen LogP contribution is 2.17. The molecule has 3 nitrogen and oxygen atoms in total. The fourth-order valence-corrected chi connectivity index (χ4v) is 2.71. The van der Waals surface area contributed by atoms with Crippen molar-refractivity contribution >= 4 is 28.5 Å². The normalized spacial score (nSPS) is 16.6. The Bertz CT molecular complexity index is 428. The molecule has 2 rings (SSSR count). The van der Waals surface area contributed by atoms with Crippen molar-refractivity contribution in [3.8, 4) is 0 Å². The Morgan fingerprint density at radius 3 is 2.89 bits per heavy atom. The summed E-state index contributed by atoms with van der Waals surface area (Å²) in [5.41, 5.74) is 1.93. The van der Waals surface area contributed by atoms with Crippen LogP contribution in [0.5, 0.6) is 0 Å². The maximum Gasteiger partial charge on any atom is 0.252 e. The van der Waals surface area contributed by atoms with Gasteiger partial charge in [-0.3, -0.25) is 4.79 Å². The predicted octanol–water partition coefficient (Wildman–Crippen LogP) is 2.76. The van der Waals surface area contributed by atoms with Crippen molar-refractivity contribution in [2.45, 2.75) is 19.8 Å². The minimum atomic E-state index is 0.0367. The van der Waals surface area contributed by atoms with Crippen LogP contribution in [0.25, 0.3) is 0 Å². The molecular formula is C14H18INO2. The number of hydrogen-bond acceptors (Lipinski definition) is 2. The van der Waals surface area contributed by atoms with Crippen LogP contribution < -0.4 is 5.32 Å². The van der Waals surface area contributed by atoms with E-state index in [2.05, 4.69) is 27.9 Å². The number of amides is 1. The molecule has 0 radical (unpaired) electrons. The quantitative estimate of drug-likeness (QED) is 0.843. The fourth-order valence-electron chi connectivity index (χ4n) is 2.11. The van der Waals surface area contributed by atoms with Crippen LogP contribution in [-0.4, -0.2) is 25.7 Å². The van der Waals surface area contributed by atoms with Gasteiger partial charge in [0, 0.05) is 23.3 Å². The molecule has 0 unspecified atom stereocenters. The number of halogens is 1. The van der Waals surface area contributed by atoms with E-state index in [4.69, 9.17) is 4.74 Å². The van der Waals surface area contributed by atoms with Crippen LogP contribution >= 0.6 is 22.6 Å². The monoisotopic (exact) mass is 359 g/mol. The molecule has 0 bridgehead atoms. The number of carbonyl (C=O) groups is 1. The van der Waals surface area contributed by atoms with Gasteiger partial charge in [-0.1, -0.05) is 12.1 Å². The summed E-state index contributed by atoms with van der Waals surface area (Å²) in [6.45, 7) is 4.42. The lowest BCUT2D eigenvalue weighted by molar-refractivity contribution is 0.0642. The second-order valence-electron chi connectivity index (χ2n) is 4.70. The van der Waals surface area contributed by atoms with Gasteiger partial charge in [-0.25, -0.2) is 0 Å². The molecule has 1 saturated heterocycles. The average molecular weight is 359 g/mol. The van der Waals surface area contributed by atoms with E-state index in [9.17, 15) is 4.79 Å². The molecule has 0 saturated carbocycles. The van der Waals surface area contributed by atoms with E-state index in [1.165, 1.54) is 0 Å². The van der Waals surface area contributed by atoms with Crippen molar-refractivity contribution < 1.29 is 9.53 Å². The molecule has 1 aliphatic rings. The number of rotatable bonds is 3. The summed E-state index contributed by atoms with van der Waals surface area (Å²) in [5.74, 6) is 0.597. The molecule has 0 spiro atoms. The molecule has 0 aromatic heterocycles. The SMILES string of the molecule is Cc1cccc(C(=O)NCC2CCOCC2)c1I. The van der Waals surface area contributed by atoms with Gasteiger partial charge in [0.1, 0.15) is 0 Å². The number of aryl methyl sites for hydroxylation is 1. The number of carbonyl (C=O) groups excluding carboxylic acids is 1. The Morgan fingerprint density at radius 1 is 1.44 bits per heavy atom. The van der Waals surface area contributed by atoms with E-state index >= 15 is 0 Å². The van der Waals surface area contributed by atoms with Gasteiger partial charge < -0.3 is 10.1 Å². The molecule has 1 aromatic rings. The molecule has 1 fully saturated rings. The number of ether oxygens (including phenoxy) is 1. The molecule has 4 heteroatoms. The third-order valence-electron chi connectivity index (χ3n) is 3.33. The van der Waals surface area contributed by atoms with E-state index in [1.54, 1.807) is 0 Å². The van der Waals surface area contributed by atoms with Gasteiger partial charge in [-0.05, 0) is 59.9 Å². The maximum atomic E-state index is 12.1. The zero-order valence-electron chi connectivity index (χ0n) is 10.5. The van der Waals surface area contributed by atoms with Gasteiger partial charge in [0.2, 0.25) is 0 Å². The lowest BCUT2D eigenvalue weighted by Gasteiger charge is -2.22. The molecule has 18 heavy (non-hydrogen) atoms. The van der Waals surface area contributed by atoms with E-state index < -0.39 is 0 Å². The van der Waals surface area contributed by atoms with Gasteiger partial charge in [0.15, 0.2) is 0 Å². The average Bonchev–Trinajstić information content (AvgIpc) is 2.40. The summed E-state index contributed by atoms with van der Waals surface area (Å²) < 4.78 is 6.35. The van der Waals surface area contributed by atoms with Gasteiger partial charge in [0.25, 0.3) is 5.91 Å². The first-order chi connectivity index (χ1) is 8.68. The Morgan fingerprint density at radius 2 is 2.17 bits per heavy atom. The fraction of sp³-hybridized carbons (Fsp3) is 0.500. The lowest BCUT2D eigenvalue weighted by Crippen LogP contribution is -2.32. The molecule has 0 atom stereocenters. The summed E-state index contributed by atoms with van der Waals surface area (Å²) in [6, 6.07) is 5.84. The largest absolute Gasteiger partial charge is 0.381 e. The Labute approximate surface area is 121 Å². The smallest absolute Gasteiger partial charge is 0.252 e. The predicted molar refractivity (Wildman–Crippen MR) is 79.8 cm³/mol. The molecule has 1 heterocycles. The minimum Gasteiger partial charge on any atom is -0.381 e. The lowest BCUT2D eigenvalue weighted by atomic mass is 10.0. The van der Waals surface area contributed by atoms with Crippen LogP contribution in [0, 0.1) is 16.4 Å². The molecular weight excluding hydrogens is 341 g/mol. The van der Waals surface area contributed by atoms with Crippen molar-refractivity contribution in [3.05, 3.63) is 32.9 Å². The Kier molecular flexibility index (Phi) is 5.00. The zero-order valence-corrected chi connectivity index (χ0v) is 12.7. The Hall–Kier alpha value is -0.620. The molecule has 1 aromatic carbocycles. The van der Waals surface area contributed by atoms with E-state index in [1.807, 2.05) is 25.1 Å². The van der Waals surface area contributed by atoms with E-state index in [-0.39, 0.29) is 5.91 Å². The van der Waals surface area contributed by atoms with Crippen LogP contribution in [0.15, 0.2) is 18.2 Å². The first-order valence-electron chi connectivity index (χ1n) is 6.29. The second-order valence-corrected chi connectivity index (χ2v) is 5.78. The summed E-state index contributed by atoms with van der Waals surface area (Å²) in [5, 5.41) is 3.04. The number of nitrogens with one attached hydrogen (secondary N) is 1. The van der Waals surface area contributed by atoms with Gasteiger partial charge in [-0.15, -0.1) is 0 Å². The van der Waals surface area contributed by atoms with Crippen molar-refractivity contribution in [1.82, 2.24) is 5.32 Å². The first kappa shape index (κ1) is 13.8. The van der Waals surface area contributed by atoms with Crippen molar-refractivity contribution in [2.75, 3.05) is 19.8 Å². The van der Waals surface area contributed by atoms with Crippen LogP contribution in [0.2, 0.25) is 0 Å². The highest BCUT2D eigenvalue weighted by Gasteiger charge is 2.16. The molecule has 0 aliphatic carbocycles. The van der Waals surface area contributed by atoms with E-state index in [0.717, 1.165) is 47.3 Å². The van der Waals surface area contributed by atoms with E-state index in [0.29, 0.717) is 5.92 Å². The highest BCUT2D eigenvalue weighted by atomic mass is 127. The molecule has 1 aliphatic heterocycles. The van der Waals surface area contributed by atoms with Crippen molar-refractivity contribution in [3.63, 3.8) is 0 Å². The number of hydrogen-bond donors (Lipinski definition) is 1. The van der Waals surface area contributed by atoms with Gasteiger partial charge >= 0.3 is 0 Å². The maximum absolute atomic E-state index is 12.1. The topological polar surface area (TPSA) is 38.3 Å². The van der Waals surface area contributed by atoms with Gasteiger partial charge in [0.05, 0.1) is 5.56 Å². The van der Waals surface area contributed by atoms with Crippen molar-refractivity contribution in [1.29, 1.82) is 0 Å². The zero-order chi connectivity index (χ0) is 13.0. The molecule has 1 amide bonds. The molecule has 98 valence electrons. The van der Waals surface area contributed by atoms with Crippen LogP contribution in [-0.2, 0) is 4.74 Å². The first-order valence-corrected chi connectivity index (χ1v) is 7.37. The summed E-state index contributed by atoms with van der Waals surface area (Å²) in [4.78, 5) is 12.1. The highest BCUT2D eigenvalue weighted by molar-refractivity contribution is 14.1. The minimum absolute atomic E-state index is 0.0367.